The van der Waals surface area contributed by atoms with Crippen LogP contribution in [0.1, 0.15) is 43.0 Å². The van der Waals surface area contributed by atoms with Crippen molar-refractivity contribution in [2.75, 3.05) is 6.54 Å². The fraction of sp³-hybridized carbons (Fsp3) is 0.296. The molecule has 2 heterocycles. The molecule has 34 heavy (non-hydrogen) atoms. The smallest absolute Gasteiger partial charge is 0.295 e. The number of imidazole rings is 1. The summed E-state index contributed by atoms with van der Waals surface area (Å²) < 4.78 is 7.60. The van der Waals surface area contributed by atoms with Crippen LogP contribution in [0.2, 0.25) is 0 Å². The molecule has 1 aliphatic heterocycles. The number of benzene rings is 2. The molecular formula is C27H29N3O4. The van der Waals surface area contributed by atoms with Crippen molar-refractivity contribution in [1.29, 1.82) is 0 Å². The SMILES string of the molecule is Cc1ccc(C2/C(=C(\O)c3ccc(OC(C)C)cc3)C(=O)C(=O)N2CCCn2ccnc2)cc1. The molecule has 1 fully saturated rings. The predicted molar refractivity (Wildman–Crippen MR) is 129 cm³/mol. The van der Waals surface area contributed by atoms with Gasteiger partial charge in [0.25, 0.3) is 11.7 Å². The molecule has 2 aromatic carbocycles. The number of carbonyl (C=O) groups excluding carboxylic acids is 2. The van der Waals surface area contributed by atoms with Gasteiger partial charge in [-0.2, -0.15) is 0 Å². The predicted octanol–water partition coefficient (Wildman–Crippen LogP) is 4.49. The third-order valence-corrected chi connectivity index (χ3v) is 5.81. The van der Waals surface area contributed by atoms with Gasteiger partial charge in [-0.15, -0.1) is 0 Å². The quantitative estimate of drug-likeness (QED) is 0.305. The van der Waals surface area contributed by atoms with Crippen molar-refractivity contribution in [3.05, 3.63) is 89.5 Å². The number of aryl methyl sites for hydroxylation is 2. The first kappa shape index (κ1) is 23.3. The molecule has 1 atom stereocenters. The fourth-order valence-corrected chi connectivity index (χ4v) is 4.17. The molecule has 3 aromatic rings. The summed E-state index contributed by atoms with van der Waals surface area (Å²) in [5, 5.41) is 11.2. The minimum atomic E-state index is -0.673. The normalized spacial score (nSPS) is 17.5. The summed E-state index contributed by atoms with van der Waals surface area (Å²) in [5.74, 6) is -0.788. The molecule has 0 spiro atoms. The zero-order valence-electron chi connectivity index (χ0n) is 19.6. The van der Waals surface area contributed by atoms with E-state index in [1.54, 1.807) is 41.7 Å². The van der Waals surface area contributed by atoms with Crippen LogP contribution in [-0.4, -0.2) is 43.9 Å². The van der Waals surface area contributed by atoms with Gasteiger partial charge in [-0.3, -0.25) is 9.59 Å². The van der Waals surface area contributed by atoms with E-state index in [9.17, 15) is 14.7 Å². The Morgan fingerprint density at radius 3 is 2.38 bits per heavy atom. The summed E-state index contributed by atoms with van der Waals surface area (Å²) in [6.45, 7) is 6.89. The lowest BCUT2D eigenvalue weighted by Gasteiger charge is -2.25. The molecule has 1 aliphatic rings. The molecule has 0 saturated carbocycles. The number of aromatic nitrogens is 2. The summed E-state index contributed by atoms with van der Waals surface area (Å²) in [6.07, 6.45) is 5.95. The topological polar surface area (TPSA) is 84.7 Å². The van der Waals surface area contributed by atoms with E-state index < -0.39 is 17.7 Å². The minimum absolute atomic E-state index is 0.0219. The van der Waals surface area contributed by atoms with E-state index >= 15 is 0 Å². The van der Waals surface area contributed by atoms with Crippen LogP contribution in [0.4, 0.5) is 0 Å². The molecule has 4 rings (SSSR count). The molecule has 1 aromatic heterocycles. The molecule has 1 N–H and O–H groups in total. The van der Waals surface area contributed by atoms with Crippen molar-refractivity contribution in [1.82, 2.24) is 14.5 Å². The maximum absolute atomic E-state index is 13.1. The maximum Gasteiger partial charge on any atom is 0.295 e. The lowest BCUT2D eigenvalue weighted by Crippen LogP contribution is -2.31. The summed E-state index contributed by atoms with van der Waals surface area (Å²) in [6, 6.07) is 13.9. The molecule has 1 unspecified atom stereocenters. The van der Waals surface area contributed by atoms with E-state index in [1.165, 1.54) is 0 Å². The molecular weight excluding hydrogens is 430 g/mol. The van der Waals surface area contributed by atoms with E-state index in [4.69, 9.17) is 4.74 Å². The van der Waals surface area contributed by atoms with Gasteiger partial charge in [0.15, 0.2) is 0 Å². The summed E-state index contributed by atoms with van der Waals surface area (Å²) >= 11 is 0. The molecule has 7 heteroatoms. The molecule has 7 nitrogen and oxygen atoms in total. The molecule has 1 amide bonds. The van der Waals surface area contributed by atoms with E-state index in [-0.39, 0.29) is 17.4 Å². The Labute approximate surface area is 199 Å². The highest BCUT2D eigenvalue weighted by Crippen LogP contribution is 2.39. The van der Waals surface area contributed by atoms with Crippen LogP contribution >= 0.6 is 0 Å². The second-order valence-electron chi connectivity index (χ2n) is 8.75. The van der Waals surface area contributed by atoms with Crippen molar-refractivity contribution in [3.8, 4) is 5.75 Å². The Hall–Kier alpha value is -3.87. The van der Waals surface area contributed by atoms with Crippen LogP contribution in [0.5, 0.6) is 5.75 Å². The van der Waals surface area contributed by atoms with Gasteiger partial charge < -0.3 is 19.3 Å². The van der Waals surface area contributed by atoms with E-state index in [1.807, 2.05) is 55.8 Å². The third kappa shape index (κ3) is 4.88. The average Bonchev–Trinajstić information content (AvgIpc) is 3.42. The Balaban J connectivity index is 1.69. The van der Waals surface area contributed by atoms with Crippen molar-refractivity contribution in [3.63, 3.8) is 0 Å². The largest absolute Gasteiger partial charge is 0.507 e. The van der Waals surface area contributed by atoms with Gasteiger partial charge in [-0.1, -0.05) is 29.8 Å². The highest BCUT2D eigenvalue weighted by atomic mass is 16.5. The summed E-state index contributed by atoms with van der Waals surface area (Å²) in [5.41, 5.74) is 2.42. The molecule has 0 bridgehead atoms. The van der Waals surface area contributed by atoms with Crippen molar-refractivity contribution < 1.29 is 19.4 Å². The first-order valence-electron chi connectivity index (χ1n) is 11.4. The van der Waals surface area contributed by atoms with Gasteiger partial charge in [0.05, 0.1) is 24.0 Å². The Morgan fingerprint density at radius 2 is 1.76 bits per heavy atom. The number of nitrogens with zero attached hydrogens (tertiary/aromatic N) is 3. The molecule has 1 saturated heterocycles. The van der Waals surface area contributed by atoms with Crippen LogP contribution in [0.15, 0.2) is 72.8 Å². The van der Waals surface area contributed by atoms with Gasteiger partial charge in [0.2, 0.25) is 0 Å². The van der Waals surface area contributed by atoms with Gasteiger partial charge in [0.1, 0.15) is 11.5 Å². The highest BCUT2D eigenvalue weighted by Gasteiger charge is 2.45. The zero-order valence-corrected chi connectivity index (χ0v) is 19.6. The number of likely N-dealkylation sites (tertiary alicyclic amines) is 1. The standard InChI is InChI=1S/C27H29N3O4/c1-18(2)34-22-11-9-21(10-12-22)25(31)23-24(20-7-5-19(3)6-8-20)30(27(33)26(23)32)15-4-14-29-16-13-28-17-29/h5-13,16-18,24,31H,4,14-15H2,1-3H3/b25-23+. The fourth-order valence-electron chi connectivity index (χ4n) is 4.17. The second kappa shape index (κ2) is 9.95. The summed E-state index contributed by atoms with van der Waals surface area (Å²) in [4.78, 5) is 31.8. The van der Waals surface area contributed by atoms with Crippen molar-refractivity contribution in [2.24, 2.45) is 0 Å². The number of ketones is 1. The number of amides is 1. The monoisotopic (exact) mass is 459 g/mol. The Kier molecular flexibility index (Phi) is 6.82. The summed E-state index contributed by atoms with van der Waals surface area (Å²) in [7, 11) is 0. The first-order valence-corrected chi connectivity index (χ1v) is 11.4. The number of rotatable bonds is 8. The van der Waals surface area contributed by atoms with E-state index in [0.717, 1.165) is 11.1 Å². The second-order valence-corrected chi connectivity index (χ2v) is 8.75. The highest BCUT2D eigenvalue weighted by molar-refractivity contribution is 6.46. The van der Waals surface area contributed by atoms with Gasteiger partial charge in [-0.25, -0.2) is 4.98 Å². The number of aliphatic hydroxyl groups is 1. The van der Waals surface area contributed by atoms with E-state index in [2.05, 4.69) is 4.98 Å². The first-order chi connectivity index (χ1) is 16.3. The number of carbonyl (C=O) groups is 2. The van der Waals surface area contributed by atoms with Crippen LogP contribution in [0.25, 0.3) is 5.76 Å². The molecule has 176 valence electrons. The number of Topliss-reactive ketones (excluding diaryl/α,β-unsaturated/α-hetero) is 1. The number of ether oxygens (including phenoxy) is 1. The molecule has 0 aliphatic carbocycles. The molecule has 0 radical (unpaired) electrons. The number of aliphatic hydroxyl groups excluding tert-OH is 1. The third-order valence-electron chi connectivity index (χ3n) is 5.81. The zero-order chi connectivity index (χ0) is 24.2. The van der Waals surface area contributed by atoms with Crippen molar-refractivity contribution >= 4 is 17.4 Å². The lowest BCUT2D eigenvalue weighted by molar-refractivity contribution is -0.139. The van der Waals surface area contributed by atoms with Crippen LogP contribution in [0.3, 0.4) is 0 Å². The van der Waals surface area contributed by atoms with Gasteiger partial charge in [0, 0.05) is 31.0 Å². The van der Waals surface area contributed by atoms with Crippen LogP contribution in [0, 0.1) is 6.92 Å². The van der Waals surface area contributed by atoms with Gasteiger partial charge in [-0.05, 0) is 57.0 Å². The maximum atomic E-state index is 13.1. The Bertz CT molecular complexity index is 1180. The minimum Gasteiger partial charge on any atom is -0.507 e. The van der Waals surface area contributed by atoms with Crippen LogP contribution < -0.4 is 4.74 Å². The number of hydrogen-bond donors (Lipinski definition) is 1. The Morgan fingerprint density at radius 1 is 1.06 bits per heavy atom. The lowest BCUT2D eigenvalue weighted by atomic mass is 9.94. The van der Waals surface area contributed by atoms with Crippen LogP contribution in [-0.2, 0) is 16.1 Å². The average molecular weight is 460 g/mol. The van der Waals surface area contributed by atoms with Crippen molar-refractivity contribution in [2.45, 2.75) is 45.9 Å². The van der Waals surface area contributed by atoms with Gasteiger partial charge >= 0.3 is 0 Å². The van der Waals surface area contributed by atoms with E-state index in [0.29, 0.717) is 30.8 Å². The number of hydrogen-bond acceptors (Lipinski definition) is 5.